The molecule has 0 bridgehead atoms. The van der Waals surface area contributed by atoms with Gasteiger partial charge in [0.2, 0.25) is 10.0 Å². The Morgan fingerprint density at radius 1 is 1.50 bits per heavy atom. The summed E-state index contributed by atoms with van der Waals surface area (Å²) in [5, 5.41) is 8.09. The summed E-state index contributed by atoms with van der Waals surface area (Å²) in [7, 11) is -3.93. The third-order valence-corrected chi connectivity index (χ3v) is 5.57. The van der Waals surface area contributed by atoms with E-state index in [0.29, 0.717) is 0 Å². The highest BCUT2D eigenvalue weighted by molar-refractivity contribution is 9.10. The fourth-order valence-electron chi connectivity index (χ4n) is 1.87. The van der Waals surface area contributed by atoms with Crippen LogP contribution in [0.4, 0.5) is 0 Å². The molecule has 0 aliphatic heterocycles. The van der Waals surface area contributed by atoms with E-state index in [0.717, 1.165) is 6.42 Å². The van der Waals surface area contributed by atoms with Crippen LogP contribution in [-0.2, 0) is 10.0 Å². The Balaban J connectivity index is 2.34. The molecule has 1 fully saturated rings. The minimum absolute atomic E-state index is 0.0697. The first-order valence-corrected chi connectivity index (χ1v) is 8.57. The summed E-state index contributed by atoms with van der Waals surface area (Å²) >= 11 is 9.07. The fourth-order valence-corrected chi connectivity index (χ4v) is 3.89. The van der Waals surface area contributed by atoms with Crippen LogP contribution in [0.2, 0.25) is 5.02 Å². The van der Waals surface area contributed by atoms with Crippen LogP contribution in [0.25, 0.3) is 0 Å². The first-order chi connectivity index (χ1) is 9.02. The third kappa shape index (κ3) is 3.16. The van der Waals surface area contributed by atoms with Gasteiger partial charge in [-0.1, -0.05) is 25.4 Å². The summed E-state index contributed by atoms with van der Waals surface area (Å²) in [5.74, 6) is -0.400. The molecule has 0 aromatic heterocycles. The van der Waals surface area contributed by atoms with Crippen molar-refractivity contribution in [2.45, 2.75) is 31.2 Å². The van der Waals surface area contributed by atoms with Gasteiger partial charge in [-0.3, -0.25) is 4.79 Å². The van der Waals surface area contributed by atoms with Crippen molar-refractivity contribution in [3.05, 3.63) is 27.2 Å². The Hall–Kier alpha value is -0.630. The number of carbonyl (C=O) groups is 1. The molecule has 1 amide bonds. The lowest BCUT2D eigenvalue weighted by atomic mass is 10.1. The van der Waals surface area contributed by atoms with Gasteiger partial charge in [-0.25, -0.2) is 13.6 Å². The summed E-state index contributed by atoms with van der Waals surface area (Å²) in [4.78, 5) is 12.0. The number of sulfonamides is 1. The SMILES string of the molecule is CC1(C)CC1NC(=O)c1cc(S(N)(=O)=O)c(Br)cc1Cl. The van der Waals surface area contributed by atoms with Crippen LogP contribution in [0, 0.1) is 5.41 Å². The molecule has 2 rings (SSSR count). The van der Waals surface area contributed by atoms with E-state index < -0.39 is 15.9 Å². The third-order valence-electron chi connectivity index (χ3n) is 3.39. The van der Waals surface area contributed by atoms with E-state index in [4.69, 9.17) is 16.7 Å². The van der Waals surface area contributed by atoms with Crippen molar-refractivity contribution >= 4 is 43.5 Å². The van der Waals surface area contributed by atoms with Crippen molar-refractivity contribution in [3.8, 4) is 0 Å². The minimum atomic E-state index is -3.93. The summed E-state index contributed by atoms with van der Waals surface area (Å²) in [6.07, 6.45) is 0.884. The highest BCUT2D eigenvalue weighted by Crippen LogP contribution is 2.44. The molecule has 1 aromatic carbocycles. The van der Waals surface area contributed by atoms with Crippen LogP contribution in [0.15, 0.2) is 21.5 Å². The monoisotopic (exact) mass is 380 g/mol. The molecule has 0 saturated heterocycles. The fraction of sp³-hybridized carbons (Fsp3) is 0.417. The van der Waals surface area contributed by atoms with Gasteiger partial charge in [0.1, 0.15) is 0 Å². The van der Waals surface area contributed by atoms with Crippen molar-refractivity contribution in [1.29, 1.82) is 0 Å². The molecule has 1 atom stereocenters. The maximum atomic E-state index is 12.1. The highest BCUT2D eigenvalue weighted by Gasteiger charge is 2.46. The second-order valence-corrected chi connectivity index (χ2v) is 8.32. The highest BCUT2D eigenvalue weighted by atomic mass is 79.9. The Bertz CT molecular complexity index is 688. The van der Waals surface area contributed by atoms with E-state index in [1.54, 1.807) is 0 Å². The summed E-state index contributed by atoms with van der Waals surface area (Å²) in [5.41, 5.74) is 0.168. The average Bonchev–Trinajstić information content (AvgIpc) is 2.83. The summed E-state index contributed by atoms with van der Waals surface area (Å²) in [6, 6.07) is 2.62. The van der Waals surface area contributed by atoms with Crippen LogP contribution >= 0.6 is 27.5 Å². The smallest absolute Gasteiger partial charge is 0.253 e. The zero-order valence-electron chi connectivity index (χ0n) is 10.9. The maximum Gasteiger partial charge on any atom is 0.253 e. The topological polar surface area (TPSA) is 89.3 Å². The lowest BCUT2D eigenvalue weighted by Gasteiger charge is -2.10. The second-order valence-electron chi connectivity index (χ2n) is 5.53. The molecule has 8 heteroatoms. The normalized spacial score (nSPS) is 20.6. The van der Waals surface area contributed by atoms with E-state index in [2.05, 4.69) is 21.2 Å². The number of amides is 1. The van der Waals surface area contributed by atoms with Gasteiger partial charge in [0.05, 0.1) is 15.5 Å². The van der Waals surface area contributed by atoms with Gasteiger partial charge in [-0.15, -0.1) is 0 Å². The molecule has 3 N–H and O–H groups in total. The van der Waals surface area contributed by atoms with Crippen molar-refractivity contribution in [2.75, 3.05) is 0 Å². The standard InChI is InChI=1S/C12H14BrClN2O3S/c1-12(2)5-10(12)16-11(17)6-3-9(20(15,18)19)7(13)4-8(6)14/h3-4,10H,5H2,1-2H3,(H,16,17)(H2,15,18,19). The lowest BCUT2D eigenvalue weighted by Crippen LogP contribution is -2.29. The van der Waals surface area contributed by atoms with Crippen LogP contribution in [-0.4, -0.2) is 20.4 Å². The van der Waals surface area contributed by atoms with Crippen LogP contribution < -0.4 is 10.5 Å². The molecule has 1 saturated carbocycles. The van der Waals surface area contributed by atoms with E-state index in [1.807, 2.05) is 13.8 Å². The van der Waals surface area contributed by atoms with Gasteiger partial charge in [0.15, 0.2) is 0 Å². The second kappa shape index (κ2) is 4.98. The van der Waals surface area contributed by atoms with Gasteiger partial charge in [0.25, 0.3) is 5.91 Å². The van der Waals surface area contributed by atoms with Crippen LogP contribution in [0.5, 0.6) is 0 Å². The molecule has 1 aromatic rings. The number of primary sulfonamides is 1. The molecule has 5 nitrogen and oxygen atoms in total. The Morgan fingerprint density at radius 2 is 2.05 bits per heavy atom. The van der Waals surface area contributed by atoms with Gasteiger partial charge < -0.3 is 5.32 Å². The van der Waals surface area contributed by atoms with E-state index in [-0.39, 0.29) is 31.4 Å². The molecule has 0 heterocycles. The van der Waals surface area contributed by atoms with Gasteiger partial charge >= 0.3 is 0 Å². The predicted molar refractivity (Wildman–Crippen MR) is 80.2 cm³/mol. The molecule has 0 radical (unpaired) electrons. The number of carbonyl (C=O) groups excluding carboxylic acids is 1. The zero-order valence-corrected chi connectivity index (χ0v) is 14.1. The van der Waals surface area contributed by atoms with Crippen molar-refractivity contribution in [1.82, 2.24) is 5.32 Å². The van der Waals surface area contributed by atoms with Gasteiger partial charge in [-0.05, 0) is 39.9 Å². The Morgan fingerprint density at radius 3 is 2.50 bits per heavy atom. The molecule has 1 aliphatic rings. The number of nitrogens with two attached hydrogens (primary N) is 1. The first kappa shape index (κ1) is 15.8. The molecule has 110 valence electrons. The van der Waals surface area contributed by atoms with Crippen molar-refractivity contribution in [3.63, 3.8) is 0 Å². The van der Waals surface area contributed by atoms with Crippen LogP contribution in [0.3, 0.4) is 0 Å². The number of benzene rings is 1. The number of hydrogen-bond acceptors (Lipinski definition) is 3. The Labute approximate surface area is 131 Å². The van der Waals surface area contributed by atoms with E-state index >= 15 is 0 Å². The lowest BCUT2D eigenvalue weighted by molar-refractivity contribution is 0.0946. The first-order valence-electron chi connectivity index (χ1n) is 5.85. The minimum Gasteiger partial charge on any atom is -0.349 e. The zero-order chi connectivity index (χ0) is 15.3. The molecule has 0 spiro atoms. The molecular weight excluding hydrogens is 368 g/mol. The van der Waals surface area contributed by atoms with Crippen LogP contribution in [0.1, 0.15) is 30.6 Å². The average molecular weight is 382 g/mol. The van der Waals surface area contributed by atoms with Crippen molar-refractivity contribution < 1.29 is 13.2 Å². The Kier molecular flexibility index (Phi) is 3.92. The number of rotatable bonds is 3. The van der Waals surface area contributed by atoms with Crippen molar-refractivity contribution in [2.24, 2.45) is 10.6 Å². The molecule has 1 unspecified atom stereocenters. The number of hydrogen-bond donors (Lipinski definition) is 2. The maximum absolute atomic E-state index is 12.1. The largest absolute Gasteiger partial charge is 0.349 e. The summed E-state index contributed by atoms with van der Waals surface area (Å²) < 4.78 is 23.1. The number of nitrogens with one attached hydrogen (secondary N) is 1. The van der Waals surface area contributed by atoms with E-state index in [9.17, 15) is 13.2 Å². The quantitative estimate of drug-likeness (QED) is 0.841. The predicted octanol–water partition coefficient (Wildman–Crippen LogP) is 2.28. The van der Waals surface area contributed by atoms with Gasteiger partial charge in [0, 0.05) is 10.5 Å². The molecule has 1 aliphatic carbocycles. The molecule has 20 heavy (non-hydrogen) atoms. The van der Waals surface area contributed by atoms with Gasteiger partial charge in [-0.2, -0.15) is 0 Å². The molecular formula is C12H14BrClN2O3S. The van der Waals surface area contributed by atoms with E-state index in [1.165, 1.54) is 12.1 Å². The summed E-state index contributed by atoms with van der Waals surface area (Å²) in [6.45, 7) is 4.08. The number of halogens is 2.